The Hall–Kier alpha value is -3.29. The summed E-state index contributed by atoms with van der Waals surface area (Å²) in [7, 11) is 0. The molecule has 0 amide bonds. The molecule has 13 heteroatoms. The first-order valence-electron chi connectivity index (χ1n) is 10.1. The highest BCUT2D eigenvalue weighted by Gasteiger charge is 2.31. The van der Waals surface area contributed by atoms with Crippen LogP contribution in [0.3, 0.4) is 0 Å². The van der Waals surface area contributed by atoms with Gasteiger partial charge in [0.2, 0.25) is 0 Å². The van der Waals surface area contributed by atoms with Crippen LogP contribution in [0.4, 0.5) is 18.9 Å². The van der Waals surface area contributed by atoms with E-state index in [-0.39, 0.29) is 5.75 Å². The predicted octanol–water partition coefficient (Wildman–Crippen LogP) is 6.68. The van der Waals surface area contributed by atoms with Gasteiger partial charge in [-0.25, -0.2) is 9.67 Å². The van der Waals surface area contributed by atoms with E-state index in [0.717, 1.165) is 25.8 Å². The molecule has 0 fully saturated rings. The molecule has 0 bridgehead atoms. The van der Waals surface area contributed by atoms with E-state index in [2.05, 4.69) is 62.5 Å². The molecule has 3 aromatic carbocycles. The van der Waals surface area contributed by atoms with Gasteiger partial charge in [0.15, 0.2) is 10.9 Å². The summed E-state index contributed by atoms with van der Waals surface area (Å²) in [5.41, 5.74) is 5.66. The molecule has 0 aliphatic rings. The van der Waals surface area contributed by atoms with Gasteiger partial charge in [-0.3, -0.25) is 5.43 Å². The number of benzene rings is 3. The van der Waals surface area contributed by atoms with E-state index in [0.29, 0.717) is 16.6 Å². The van der Waals surface area contributed by atoms with E-state index in [4.69, 9.17) is 12.2 Å². The van der Waals surface area contributed by atoms with Crippen molar-refractivity contribution in [2.75, 3.05) is 5.32 Å². The van der Waals surface area contributed by atoms with Gasteiger partial charge in [0, 0.05) is 14.5 Å². The quantitative estimate of drug-likeness (QED) is 0.139. The van der Waals surface area contributed by atoms with Gasteiger partial charge < -0.3 is 10.1 Å². The summed E-state index contributed by atoms with van der Waals surface area (Å²) in [4.78, 5) is 4.28. The minimum atomic E-state index is -4.74. The van der Waals surface area contributed by atoms with Crippen molar-refractivity contribution < 1.29 is 17.9 Å². The van der Waals surface area contributed by atoms with Crippen LogP contribution in [0.15, 0.2) is 87.1 Å². The molecule has 1 aromatic heterocycles. The van der Waals surface area contributed by atoms with Crippen LogP contribution in [-0.2, 0) is 0 Å². The molecule has 0 saturated carbocycles. The Balaban J connectivity index is 1.36. The number of ether oxygens (including phenoxy) is 1. The SMILES string of the molecule is FC(F)(F)Oc1ccc(-n2cnc(-c3ccc(/C=N/NC(=S)Nc4c(Br)cccc4Br)cc3)n2)cc1. The second kappa shape index (κ2) is 11.2. The van der Waals surface area contributed by atoms with Gasteiger partial charge in [-0.05, 0) is 86.0 Å². The molecule has 0 aliphatic carbocycles. The lowest BCUT2D eigenvalue weighted by Gasteiger charge is -2.10. The monoisotopic (exact) mass is 638 g/mol. The molecule has 0 atom stereocenters. The van der Waals surface area contributed by atoms with Crippen LogP contribution in [-0.4, -0.2) is 32.5 Å². The summed E-state index contributed by atoms with van der Waals surface area (Å²) in [5.74, 6) is 0.146. The summed E-state index contributed by atoms with van der Waals surface area (Å²) in [6.45, 7) is 0. The Morgan fingerprint density at radius 3 is 2.31 bits per heavy atom. The third kappa shape index (κ3) is 6.89. The number of thiocarbonyl (C=S) groups is 1. The smallest absolute Gasteiger partial charge is 0.406 e. The van der Waals surface area contributed by atoms with Crippen molar-refractivity contribution in [3.63, 3.8) is 0 Å². The lowest BCUT2D eigenvalue weighted by atomic mass is 10.1. The van der Waals surface area contributed by atoms with Crippen LogP contribution in [0, 0.1) is 0 Å². The van der Waals surface area contributed by atoms with Crippen LogP contribution in [0.1, 0.15) is 5.56 Å². The standard InChI is InChI=1S/C23H15Br2F3N6OS/c24-18-2-1-3-19(25)20(18)31-22(36)32-30-12-14-4-6-15(7-5-14)21-29-13-34(33-21)16-8-10-17(11-9-16)35-23(26,27)28/h1-13H,(H2,31,32,36)/b30-12+. The number of anilines is 1. The average molecular weight is 640 g/mol. The normalized spacial score (nSPS) is 11.5. The first kappa shape index (κ1) is 25.8. The molecular weight excluding hydrogens is 625 g/mol. The van der Waals surface area contributed by atoms with Crippen LogP contribution in [0.25, 0.3) is 17.1 Å². The highest BCUT2D eigenvalue weighted by molar-refractivity contribution is 9.11. The highest BCUT2D eigenvalue weighted by atomic mass is 79.9. The maximum absolute atomic E-state index is 12.3. The summed E-state index contributed by atoms with van der Waals surface area (Å²) in [6.07, 6.45) is -1.65. The molecular formula is C23H15Br2F3N6OS. The highest BCUT2D eigenvalue weighted by Crippen LogP contribution is 2.30. The zero-order valence-electron chi connectivity index (χ0n) is 18.0. The maximum atomic E-state index is 12.3. The number of hydrogen-bond acceptors (Lipinski definition) is 5. The zero-order chi connectivity index (χ0) is 25.7. The van der Waals surface area contributed by atoms with Crippen molar-refractivity contribution in [3.8, 4) is 22.8 Å². The minimum Gasteiger partial charge on any atom is -0.406 e. The summed E-state index contributed by atoms with van der Waals surface area (Å²) < 4.78 is 44.0. The fraction of sp³-hybridized carbons (Fsp3) is 0.0435. The molecule has 0 radical (unpaired) electrons. The van der Waals surface area contributed by atoms with E-state index in [1.54, 1.807) is 6.21 Å². The molecule has 0 aliphatic heterocycles. The van der Waals surface area contributed by atoms with Crippen molar-refractivity contribution in [1.82, 2.24) is 20.2 Å². The van der Waals surface area contributed by atoms with Gasteiger partial charge in [-0.1, -0.05) is 30.3 Å². The lowest BCUT2D eigenvalue weighted by Crippen LogP contribution is -2.24. The van der Waals surface area contributed by atoms with E-state index in [9.17, 15) is 13.2 Å². The van der Waals surface area contributed by atoms with Crippen LogP contribution < -0.4 is 15.5 Å². The van der Waals surface area contributed by atoms with E-state index < -0.39 is 6.36 Å². The molecule has 0 spiro atoms. The second-order valence-corrected chi connectivity index (χ2v) is 9.21. The number of nitrogens with zero attached hydrogens (tertiary/aromatic N) is 4. The number of para-hydroxylation sites is 1. The van der Waals surface area contributed by atoms with Crippen molar-refractivity contribution in [2.45, 2.75) is 6.36 Å². The maximum Gasteiger partial charge on any atom is 0.573 e. The van der Waals surface area contributed by atoms with Gasteiger partial charge in [-0.15, -0.1) is 18.3 Å². The van der Waals surface area contributed by atoms with Gasteiger partial charge >= 0.3 is 6.36 Å². The number of nitrogens with one attached hydrogen (secondary N) is 2. The lowest BCUT2D eigenvalue weighted by molar-refractivity contribution is -0.274. The van der Waals surface area contributed by atoms with Crippen LogP contribution in [0.2, 0.25) is 0 Å². The average Bonchev–Trinajstić information content (AvgIpc) is 3.32. The number of hydrazone groups is 1. The third-order valence-corrected chi connectivity index (χ3v) is 6.09. The Morgan fingerprint density at radius 2 is 1.67 bits per heavy atom. The van der Waals surface area contributed by atoms with Crippen molar-refractivity contribution in [1.29, 1.82) is 0 Å². The molecule has 0 unspecified atom stereocenters. The fourth-order valence-electron chi connectivity index (χ4n) is 2.96. The summed E-state index contributed by atoms with van der Waals surface area (Å²) in [6, 6.07) is 18.4. The first-order chi connectivity index (χ1) is 17.2. The summed E-state index contributed by atoms with van der Waals surface area (Å²) >= 11 is 12.2. The molecule has 2 N–H and O–H groups in total. The number of rotatable bonds is 6. The van der Waals surface area contributed by atoms with Gasteiger partial charge in [-0.2, -0.15) is 5.10 Å². The number of halogens is 5. The zero-order valence-corrected chi connectivity index (χ0v) is 22.0. The predicted molar refractivity (Wildman–Crippen MR) is 142 cm³/mol. The van der Waals surface area contributed by atoms with E-state index in [1.165, 1.54) is 35.3 Å². The third-order valence-electron chi connectivity index (χ3n) is 4.58. The number of alkyl halides is 3. The molecule has 1 heterocycles. The molecule has 4 aromatic rings. The van der Waals surface area contributed by atoms with Gasteiger partial charge in [0.25, 0.3) is 0 Å². The Bertz CT molecular complexity index is 1370. The Morgan fingerprint density at radius 1 is 1.00 bits per heavy atom. The fourth-order valence-corrected chi connectivity index (χ4v) is 4.31. The van der Waals surface area contributed by atoms with Gasteiger partial charge in [0.1, 0.15) is 12.1 Å². The van der Waals surface area contributed by atoms with E-state index in [1.807, 2.05) is 42.5 Å². The first-order valence-corrected chi connectivity index (χ1v) is 12.1. The molecule has 7 nitrogen and oxygen atoms in total. The molecule has 36 heavy (non-hydrogen) atoms. The minimum absolute atomic E-state index is 0.310. The second-order valence-electron chi connectivity index (χ2n) is 7.10. The Kier molecular flexibility index (Phi) is 8.01. The van der Waals surface area contributed by atoms with Crippen LogP contribution in [0.5, 0.6) is 5.75 Å². The number of aromatic nitrogens is 3. The molecule has 4 rings (SSSR count). The van der Waals surface area contributed by atoms with Crippen molar-refractivity contribution in [2.24, 2.45) is 5.10 Å². The van der Waals surface area contributed by atoms with Crippen LogP contribution >= 0.6 is 44.1 Å². The largest absolute Gasteiger partial charge is 0.573 e. The number of hydrogen-bond donors (Lipinski definition) is 2. The van der Waals surface area contributed by atoms with Gasteiger partial charge in [0.05, 0.1) is 17.6 Å². The Labute approximate surface area is 225 Å². The molecule has 184 valence electrons. The van der Waals surface area contributed by atoms with Crippen molar-refractivity contribution in [3.05, 3.63) is 87.6 Å². The van der Waals surface area contributed by atoms with Crippen molar-refractivity contribution >= 4 is 61.1 Å². The summed E-state index contributed by atoms with van der Waals surface area (Å²) in [5, 5.41) is 11.9. The molecule has 0 saturated heterocycles. The van der Waals surface area contributed by atoms with E-state index >= 15 is 0 Å². The topological polar surface area (TPSA) is 76.4 Å².